The third-order valence-electron chi connectivity index (χ3n) is 6.07. The van der Waals surface area contributed by atoms with Crippen molar-refractivity contribution in [3.05, 3.63) is 141 Å². The highest BCUT2D eigenvalue weighted by atomic mass is 79.9. The van der Waals surface area contributed by atoms with E-state index in [4.69, 9.17) is 21.1 Å². The summed E-state index contributed by atoms with van der Waals surface area (Å²) < 4.78 is 13.1. The number of amides is 1. The number of hydrogen-bond donors (Lipinski definition) is 1. The molecule has 1 amide bonds. The summed E-state index contributed by atoms with van der Waals surface area (Å²) in [7, 11) is 0. The molecule has 5 rings (SSSR count). The second kappa shape index (κ2) is 12.6. The van der Waals surface area contributed by atoms with Crippen molar-refractivity contribution >= 4 is 50.4 Å². The second-order valence-electron chi connectivity index (χ2n) is 8.69. The molecule has 194 valence electrons. The normalized spacial score (nSPS) is 11.0. The number of fused-ring (bicyclic) bond motifs is 1. The number of rotatable bonds is 9. The molecule has 0 heterocycles. The standard InChI is InChI=1S/C32H24BrClN2O3/c33-25-16-13-22(14-17-25)20-38-31-18-15-23-7-1-3-9-26(23)28(31)19-35-36-32(37)27-10-4-6-12-30(27)39-21-24-8-2-5-11-29(24)34/h1-19H,20-21H2,(H,36,37)/b35-19+. The number of nitrogens with zero attached hydrogens (tertiary/aromatic N) is 1. The van der Waals surface area contributed by atoms with Gasteiger partial charge in [-0.1, -0.05) is 100 Å². The van der Waals surface area contributed by atoms with E-state index in [1.54, 1.807) is 30.5 Å². The van der Waals surface area contributed by atoms with Gasteiger partial charge in [-0.05, 0) is 52.7 Å². The Bertz CT molecular complexity index is 1640. The van der Waals surface area contributed by atoms with E-state index in [1.807, 2.05) is 84.9 Å². The number of para-hydroxylation sites is 1. The first-order chi connectivity index (χ1) is 19.1. The lowest BCUT2D eigenvalue weighted by Gasteiger charge is -2.13. The average molecular weight is 600 g/mol. The van der Waals surface area contributed by atoms with E-state index in [0.717, 1.165) is 31.9 Å². The monoisotopic (exact) mass is 598 g/mol. The molecule has 0 aliphatic heterocycles. The van der Waals surface area contributed by atoms with Crippen LogP contribution in [0, 0.1) is 0 Å². The van der Waals surface area contributed by atoms with E-state index in [9.17, 15) is 4.79 Å². The smallest absolute Gasteiger partial charge is 0.275 e. The number of hydrogen-bond acceptors (Lipinski definition) is 4. The largest absolute Gasteiger partial charge is 0.488 e. The molecule has 5 aromatic rings. The Hall–Kier alpha value is -4.13. The van der Waals surface area contributed by atoms with Crippen LogP contribution >= 0.6 is 27.5 Å². The summed E-state index contributed by atoms with van der Waals surface area (Å²) >= 11 is 9.70. The van der Waals surface area contributed by atoms with E-state index in [0.29, 0.717) is 28.7 Å². The van der Waals surface area contributed by atoms with Crippen LogP contribution in [0.1, 0.15) is 27.0 Å². The van der Waals surface area contributed by atoms with Crippen molar-refractivity contribution in [3.63, 3.8) is 0 Å². The Labute approximate surface area is 240 Å². The minimum atomic E-state index is -0.390. The van der Waals surface area contributed by atoms with Crippen molar-refractivity contribution < 1.29 is 14.3 Å². The van der Waals surface area contributed by atoms with Gasteiger partial charge in [-0.2, -0.15) is 5.10 Å². The first-order valence-corrected chi connectivity index (χ1v) is 13.4. The van der Waals surface area contributed by atoms with Crippen molar-refractivity contribution in [2.24, 2.45) is 5.10 Å². The Balaban J connectivity index is 1.33. The van der Waals surface area contributed by atoms with Gasteiger partial charge in [0.05, 0.1) is 11.8 Å². The first-order valence-electron chi connectivity index (χ1n) is 12.3. The van der Waals surface area contributed by atoms with Gasteiger partial charge in [-0.25, -0.2) is 5.43 Å². The zero-order valence-corrected chi connectivity index (χ0v) is 23.2. The number of ether oxygens (including phenoxy) is 2. The molecule has 5 nitrogen and oxygen atoms in total. The summed E-state index contributed by atoms with van der Waals surface area (Å²) in [4.78, 5) is 13.1. The maximum atomic E-state index is 13.1. The summed E-state index contributed by atoms with van der Waals surface area (Å²) in [5.41, 5.74) is 5.64. The third-order valence-corrected chi connectivity index (χ3v) is 6.97. The maximum absolute atomic E-state index is 13.1. The van der Waals surface area contributed by atoms with Crippen LogP contribution < -0.4 is 14.9 Å². The number of benzene rings is 5. The molecule has 0 radical (unpaired) electrons. The van der Waals surface area contributed by atoms with Gasteiger partial charge >= 0.3 is 0 Å². The van der Waals surface area contributed by atoms with Crippen LogP contribution in [0.3, 0.4) is 0 Å². The topological polar surface area (TPSA) is 59.9 Å². The number of carbonyl (C=O) groups is 1. The fourth-order valence-corrected chi connectivity index (χ4v) is 4.50. The quantitative estimate of drug-likeness (QED) is 0.137. The number of carbonyl (C=O) groups excluding carboxylic acids is 1. The van der Waals surface area contributed by atoms with Gasteiger partial charge in [0.2, 0.25) is 0 Å². The van der Waals surface area contributed by atoms with Gasteiger partial charge in [-0.3, -0.25) is 4.79 Å². The lowest BCUT2D eigenvalue weighted by Crippen LogP contribution is -2.18. The molecule has 0 atom stereocenters. The molecule has 0 unspecified atom stereocenters. The molecule has 0 spiro atoms. The van der Waals surface area contributed by atoms with Crippen molar-refractivity contribution in [1.82, 2.24) is 5.43 Å². The summed E-state index contributed by atoms with van der Waals surface area (Å²) in [6.45, 7) is 0.636. The maximum Gasteiger partial charge on any atom is 0.275 e. The number of halogens is 2. The first kappa shape index (κ1) is 26.5. The Morgan fingerprint density at radius 3 is 2.36 bits per heavy atom. The van der Waals surface area contributed by atoms with Gasteiger partial charge in [0.15, 0.2) is 0 Å². The molecule has 0 aliphatic rings. The van der Waals surface area contributed by atoms with Gasteiger partial charge in [0, 0.05) is 20.6 Å². The molecule has 0 saturated carbocycles. The van der Waals surface area contributed by atoms with Crippen LogP contribution in [0.4, 0.5) is 0 Å². The minimum Gasteiger partial charge on any atom is -0.488 e. The molecule has 39 heavy (non-hydrogen) atoms. The van der Waals surface area contributed by atoms with Crippen LogP contribution in [-0.2, 0) is 13.2 Å². The third kappa shape index (κ3) is 6.66. The number of nitrogens with one attached hydrogen (secondary N) is 1. The van der Waals surface area contributed by atoms with Crippen LogP contribution in [0.2, 0.25) is 5.02 Å². The van der Waals surface area contributed by atoms with E-state index in [1.165, 1.54) is 0 Å². The fraction of sp³-hybridized carbons (Fsp3) is 0.0625. The molecule has 1 N–H and O–H groups in total. The van der Waals surface area contributed by atoms with Crippen molar-refractivity contribution in [1.29, 1.82) is 0 Å². The van der Waals surface area contributed by atoms with Gasteiger partial charge in [0.25, 0.3) is 5.91 Å². The van der Waals surface area contributed by atoms with Crippen molar-refractivity contribution in [2.75, 3.05) is 0 Å². The van der Waals surface area contributed by atoms with Crippen molar-refractivity contribution in [2.45, 2.75) is 13.2 Å². The second-order valence-corrected chi connectivity index (χ2v) is 10.0. The van der Waals surface area contributed by atoms with E-state index in [2.05, 4.69) is 26.5 Å². The molecule has 0 aromatic heterocycles. The highest BCUT2D eigenvalue weighted by Crippen LogP contribution is 2.28. The van der Waals surface area contributed by atoms with Gasteiger partial charge in [0.1, 0.15) is 24.7 Å². The lowest BCUT2D eigenvalue weighted by atomic mass is 10.0. The molecule has 7 heteroatoms. The molecular formula is C32H24BrClN2O3. The summed E-state index contributed by atoms with van der Waals surface area (Å²) in [5.74, 6) is 0.713. The Morgan fingerprint density at radius 2 is 1.51 bits per heavy atom. The van der Waals surface area contributed by atoms with Gasteiger partial charge < -0.3 is 9.47 Å². The zero-order chi connectivity index (χ0) is 27.0. The summed E-state index contributed by atoms with van der Waals surface area (Å²) in [6.07, 6.45) is 1.62. The molecular weight excluding hydrogens is 576 g/mol. The Kier molecular flexibility index (Phi) is 8.56. The molecule has 0 aliphatic carbocycles. The molecule has 5 aromatic carbocycles. The van der Waals surface area contributed by atoms with Crippen LogP contribution in [0.15, 0.2) is 119 Å². The highest BCUT2D eigenvalue weighted by molar-refractivity contribution is 9.10. The number of hydrazone groups is 1. The average Bonchev–Trinajstić information content (AvgIpc) is 2.97. The molecule has 0 saturated heterocycles. The lowest BCUT2D eigenvalue weighted by molar-refractivity contribution is 0.0950. The van der Waals surface area contributed by atoms with Gasteiger partial charge in [-0.15, -0.1) is 0 Å². The molecule has 0 bridgehead atoms. The van der Waals surface area contributed by atoms with Crippen LogP contribution in [0.5, 0.6) is 11.5 Å². The van der Waals surface area contributed by atoms with Crippen LogP contribution in [-0.4, -0.2) is 12.1 Å². The fourth-order valence-electron chi connectivity index (χ4n) is 4.04. The summed E-state index contributed by atoms with van der Waals surface area (Å²) in [6, 6.07) is 34.3. The molecule has 0 fully saturated rings. The van der Waals surface area contributed by atoms with E-state index in [-0.39, 0.29) is 6.61 Å². The van der Waals surface area contributed by atoms with Crippen LogP contribution in [0.25, 0.3) is 10.8 Å². The Morgan fingerprint density at radius 1 is 0.795 bits per heavy atom. The van der Waals surface area contributed by atoms with Crippen molar-refractivity contribution in [3.8, 4) is 11.5 Å². The minimum absolute atomic E-state index is 0.238. The highest BCUT2D eigenvalue weighted by Gasteiger charge is 2.13. The predicted molar refractivity (Wildman–Crippen MR) is 160 cm³/mol. The predicted octanol–water partition coefficient (Wildman–Crippen LogP) is 8.18. The van der Waals surface area contributed by atoms with E-state index >= 15 is 0 Å². The summed E-state index contributed by atoms with van der Waals surface area (Å²) in [5, 5.41) is 6.90. The zero-order valence-electron chi connectivity index (χ0n) is 20.8. The van der Waals surface area contributed by atoms with E-state index < -0.39 is 5.91 Å². The SMILES string of the molecule is O=C(N/N=C/c1c(OCc2ccc(Br)cc2)ccc2ccccc12)c1ccccc1OCc1ccccc1Cl.